The predicted molar refractivity (Wildman–Crippen MR) is 63.1 cm³/mol. The van der Waals surface area contributed by atoms with Crippen molar-refractivity contribution in [3.05, 3.63) is 35.7 Å². The molecule has 102 valence electrons. The van der Waals surface area contributed by atoms with Gasteiger partial charge < -0.3 is 15.0 Å². The maximum absolute atomic E-state index is 13.6. The van der Waals surface area contributed by atoms with Crippen LogP contribution in [-0.2, 0) is 10.3 Å². The fraction of sp³-hybridized carbons (Fsp3) is 0.333. The lowest BCUT2D eigenvalue weighted by molar-refractivity contribution is 0.135. The van der Waals surface area contributed by atoms with E-state index >= 15 is 0 Å². The van der Waals surface area contributed by atoms with Gasteiger partial charge in [-0.15, -0.1) is 0 Å². The first kappa shape index (κ1) is 13.6. The van der Waals surface area contributed by atoms with Gasteiger partial charge in [0.2, 0.25) is 0 Å². The Kier molecular flexibility index (Phi) is 3.59. The van der Waals surface area contributed by atoms with Crippen LogP contribution >= 0.6 is 0 Å². The Morgan fingerprint density at radius 2 is 2.16 bits per heavy atom. The topological polar surface area (TPSA) is 74.2 Å². The molecular weight excluding hydrogens is 256 g/mol. The number of methoxy groups -OCH3 is 1. The quantitative estimate of drug-likeness (QED) is 0.916. The van der Waals surface area contributed by atoms with Crippen molar-refractivity contribution in [3.63, 3.8) is 0 Å². The van der Waals surface area contributed by atoms with E-state index < -0.39 is 17.2 Å². The number of nitrogens with two attached hydrogens (primary N) is 1. The normalized spacial score (nSPS) is 14.4. The molecule has 0 spiro atoms. The van der Waals surface area contributed by atoms with E-state index in [2.05, 4.69) is 10.1 Å². The van der Waals surface area contributed by atoms with Gasteiger partial charge in [-0.2, -0.15) is 4.98 Å². The molecule has 7 heteroatoms. The molecule has 1 aromatic heterocycles. The zero-order valence-corrected chi connectivity index (χ0v) is 10.5. The van der Waals surface area contributed by atoms with Gasteiger partial charge >= 0.3 is 0 Å². The highest BCUT2D eigenvalue weighted by Crippen LogP contribution is 2.24. The van der Waals surface area contributed by atoms with Gasteiger partial charge in [-0.05, 0) is 25.1 Å². The van der Waals surface area contributed by atoms with Crippen LogP contribution in [0, 0.1) is 11.6 Å². The lowest BCUT2D eigenvalue weighted by atomic mass is 10.1. The predicted octanol–water partition coefficient (Wildman–Crippen LogP) is 1.84. The van der Waals surface area contributed by atoms with Crippen molar-refractivity contribution in [2.45, 2.75) is 12.5 Å². The zero-order chi connectivity index (χ0) is 14.0. The van der Waals surface area contributed by atoms with Gasteiger partial charge in [-0.3, -0.25) is 0 Å². The lowest BCUT2D eigenvalue weighted by Gasteiger charge is -2.18. The maximum Gasteiger partial charge on any atom is 0.261 e. The maximum atomic E-state index is 13.6. The lowest BCUT2D eigenvalue weighted by Crippen LogP contribution is -2.38. The minimum absolute atomic E-state index is 0.105. The highest BCUT2D eigenvalue weighted by Gasteiger charge is 2.28. The van der Waals surface area contributed by atoms with Crippen molar-refractivity contribution < 1.29 is 18.0 Å². The number of nitrogens with zero attached hydrogens (tertiary/aromatic N) is 2. The van der Waals surface area contributed by atoms with Crippen LogP contribution in [0.4, 0.5) is 8.78 Å². The third kappa shape index (κ3) is 2.77. The third-order valence-corrected chi connectivity index (χ3v) is 2.54. The molecule has 1 heterocycles. The number of ether oxygens (including phenoxy) is 1. The van der Waals surface area contributed by atoms with Gasteiger partial charge in [0.1, 0.15) is 17.2 Å². The summed E-state index contributed by atoms with van der Waals surface area (Å²) >= 11 is 0. The first-order valence-corrected chi connectivity index (χ1v) is 5.51. The molecule has 2 aromatic rings. The molecule has 1 unspecified atom stereocenters. The second kappa shape index (κ2) is 5.02. The largest absolute Gasteiger partial charge is 0.382 e. The second-order valence-corrected chi connectivity index (χ2v) is 4.40. The molecule has 1 atom stereocenters. The number of hydrogen-bond donors (Lipinski definition) is 1. The molecule has 0 aliphatic carbocycles. The molecule has 5 nitrogen and oxygen atoms in total. The number of hydrogen-bond acceptors (Lipinski definition) is 5. The molecule has 0 aliphatic heterocycles. The first-order chi connectivity index (χ1) is 8.94. The third-order valence-electron chi connectivity index (χ3n) is 2.54. The summed E-state index contributed by atoms with van der Waals surface area (Å²) < 4.78 is 36.5. The Hall–Kier alpha value is -1.86. The van der Waals surface area contributed by atoms with Gasteiger partial charge in [0, 0.05) is 7.11 Å². The van der Waals surface area contributed by atoms with Gasteiger partial charge in [0.05, 0.1) is 12.2 Å². The summed E-state index contributed by atoms with van der Waals surface area (Å²) in [5.74, 6) is -1.21. The van der Waals surface area contributed by atoms with Crippen molar-refractivity contribution >= 4 is 0 Å². The first-order valence-electron chi connectivity index (χ1n) is 5.51. The van der Waals surface area contributed by atoms with Crippen LogP contribution in [0.5, 0.6) is 0 Å². The van der Waals surface area contributed by atoms with Crippen molar-refractivity contribution in [1.29, 1.82) is 0 Å². The summed E-state index contributed by atoms with van der Waals surface area (Å²) in [4.78, 5) is 3.98. The molecule has 0 bridgehead atoms. The van der Waals surface area contributed by atoms with Crippen molar-refractivity contribution in [2.75, 3.05) is 13.7 Å². The van der Waals surface area contributed by atoms with Crippen molar-refractivity contribution in [3.8, 4) is 11.5 Å². The van der Waals surface area contributed by atoms with E-state index in [1.807, 2.05) is 0 Å². The summed E-state index contributed by atoms with van der Waals surface area (Å²) in [6.07, 6.45) is 0. The summed E-state index contributed by atoms with van der Waals surface area (Å²) in [5.41, 5.74) is 4.85. The van der Waals surface area contributed by atoms with Crippen LogP contribution < -0.4 is 5.73 Å². The molecule has 2 N–H and O–H groups in total. The van der Waals surface area contributed by atoms with Crippen LogP contribution in [0.2, 0.25) is 0 Å². The zero-order valence-electron chi connectivity index (χ0n) is 10.5. The van der Waals surface area contributed by atoms with Crippen LogP contribution in [0.15, 0.2) is 22.7 Å². The molecule has 0 aliphatic rings. The average Bonchev–Trinajstić information content (AvgIpc) is 2.82. The summed E-state index contributed by atoms with van der Waals surface area (Å²) in [5, 5.41) is 3.67. The van der Waals surface area contributed by atoms with E-state index in [-0.39, 0.29) is 23.9 Å². The Morgan fingerprint density at radius 1 is 1.42 bits per heavy atom. The number of aromatic nitrogens is 2. The van der Waals surface area contributed by atoms with Gasteiger partial charge in [0.25, 0.3) is 5.89 Å². The summed E-state index contributed by atoms with van der Waals surface area (Å²) in [6.45, 7) is 1.81. The molecule has 0 radical (unpaired) electrons. The minimum Gasteiger partial charge on any atom is -0.382 e. The molecule has 0 fully saturated rings. The summed E-state index contributed by atoms with van der Waals surface area (Å²) in [7, 11) is 1.48. The Balaban J connectivity index is 2.38. The minimum atomic E-state index is -0.972. The van der Waals surface area contributed by atoms with Crippen molar-refractivity contribution in [1.82, 2.24) is 10.1 Å². The SMILES string of the molecule is COCC(C)(N)c1noc(-c2cc(F)ccc2F)n1. The highest BCUT2D eigenvalue weighted by molar-refractivity contribution is 5.53. The second-order valence-electron chi connectivity index (χ2n) is 4.40. The number of halogens is 2. The van der Waals surface area contributed by atoms with Crippen LogP contribution in [-0.4, -0.2) is 23.9 Å². The Bertz CT molecular complexity index is 584. The van der Waals surface area contributed by atoms with Gasteiger partial charge in [0.15, 0.2) is 5.82 Å². The molecule has 19 heavy (non-hydrogen) atoms. The monoisotopic (exact) mass is 269 g/mol. The van der Waals surface area contributed by atoms with Crippen LogP contribution in [0.1, 0.15) is 12.7 Å². The van der Waals surface area contributed by atoms with Crippen LogP contribution in [0.25, 0.3) is 11.5 Å². The van der Waals surface area contributed by atoms with Gasteiger partial charge in [-0.1, -0.05) is 5.16 Å². The van der Waals surface area contributed by atoms with E-state index in [4.69, 9.17) is 15.0 Å². The van der Waals surface area contributed by atoms with E-state index in [1.165, 1.54) is 7.11 Å². The molecule has 0 saturated carbocycles. The Labute approximate surface area is 108 Å². The molecule has 0 saturated heterocycles. The number of rotatable bonds is 4. The fourth-order valence-electron chi connectivity index (χ4n) is 1.59. The fourth-order valence-corrected chi connectivity index (χ4v) is 1.59. The van der Waals surface area contributed by atoms with Crippen molar-refractivity contribution in [2.24, 2.45) is 5.73 Å². The molecular formula is C12H13F2N3O2. The number of benzene rings is 1. The van der Waals surface area contributed by atoms with Crippen LogP contribution in [0.3, 0.4) is 0 Å². The molecule has 0 amide bonds. The Morgan fingerprint density at radius 3 is 2.84 bits per heavy atom. The van der Waals surface area contributed by atoms with E-state index in [0.717, 1.165) is 18.2 Å². The standard InChI is InChI=1S/C12H13F2N3O2/c1-12(15,6-18-2)11-16-10(19-17-11)8-5-7(13)3-4-9(8)14/h3-5H,6,15H2,1-2H3. The smallest absolute Gasteiger partial charge is 0.261 e. The molecule has 1 aromatic carbocycles. The van der Waals surface area contributed by atoms with E-state index in [1.54, 1.807) is 6.92 Å². The molecule has 2 rings (SSSR count). The average molecular weight is 269 g/mol. The summed E-state index contributed by atoms with van der Waals surface area (Å²) in [6, 6.07) is 2.98. The van der Waals surface area contributed by atoms with E-state index in [9.17, 15) is 8.78 Å². The van der Waals surface area contributed by atoms with Gasteiger partial charge in [-0.25, -0.2) is 8.78 Å². The van der Waals surface area contributed by atoms with E-state index in [0.29, 0.717) is 0 Å². The highest BCUT2D eigenvalue weighted by atomic mass is 19.1.